The van der Waals surface area contributed by atoms with Crippen LogP contribution in [0.2, 0.25) is 0 Å². The molecule has 0 amide bonds. The number of nitrogens with zero attached hydrogens (tertiary/aromatic N) is 2. The highest BCUT2D eigenvalue weighted by atomic mass is 15.2. The van der Waals surface area contributed by atoms with Crippen molar-refractivity contribution in [2.24, 2.45) is 11.3 Å². The van der Waals surface area contributed by atoms with E-state index in [9.17, 15) is 0 Å². The highest BCUT2D eigenvalue weighted by Crippen LogP contribution is 2.35. The minimum absolute atomic E-state index is 0.435. The van der Waals surface area contributed by atoms with Gasteiger partial charge in [-0.05, 0) is 54.8 Å². The van der Waals surface area contributed by atoms with Crippen molar-refractivity contribution in [1.29, 1.82) is 0 Å². The molecule has 3 nitrogen and oxygen atoms in total. The number of hydrogen-bond acceptors (Lipinski definition) is 3. The van der Waals surface area contributed by atoms with Gasteiger partial charge in [0.15, 0.2) is 0 Å². The second kappa shape index (κ2) is 6.78. The fourth-order valence-corrected chi connectivity index (χ4v) is 3.28. The minimum atomic E-state index is 0.435. The molecule has 1 aliphatic rings. The van der Waals surface area contributed by atoms with Gasteiger partial charge in [-0.2, -0.15) is 0 Å². The van der Waals surface area contributed by atoms with Gasteiger partial charge in [0.25, 0.3) is 0 Å². The molecule has 118 valence electrons. The summed E-state index contributed by atoms with van der Waals surface area (Å²) in [5.74, 6) is 2.02. The zero-order chi connectivity index (χ0) is 15.5. The molecule has 1 saturated heterocycles. The Hall–Kier alpha value is -1.09. The third-order valence-electron chi connectivity index (χ3n) is 4.71. The molecule has 0 radical (unpaired) electrons. The largest absolute Gasteiger partial charge is 0.356 e. The van der Waals surface area contributed by atoms with Crippen LogP contribution in [0, 0.1) is 18.3 Å². The van der Waals surface area contributed by atoms with Crippen molar-refractivity contribution in [2.75, 3.05) is 24.5 Å². The lowest BCUT2D eigenvalue weighted by molar-refractivity contribution is 0.198. The summed E-state index contributed by atoms with van der Waals surface area (Å²) in [6.45, 7) is 15.6. The maximum atomic E-state index is 4.73. The molecule has 1 fully saturated rings. The Morgan fingerprint density at radius 1 is 1.29 bits per heavy atom. The fraction of sp³-hybridized carbons (Fsp3) is 0.722. The van der Waals surface area contributed by atoms with E-state index < -0.39 is 0 Å². The fourth-order valence-electron chi connectivity index (χ4n) is 3.28. The van der Waals surface area contributed by atoms with Gasteiger partial charge in [0.05, 0.1) is 0 Å². The van der Waals surface area contributed by atoms with E-state index in [1.165, 1.54) is 29.8 Å². The van der Waals surface area contributed by atoms with E-state index in [1.54, 1.807) is 0 Å². The first-order valence-corrected chi connectivity index (χ1v) is 8.33. The normalized spacial score (nSPS) is 17.3. The first kappa shape index (κ1) is 16.3. The van der Waals surface area contributed by atoms with Gasteiger partial charge >= 0.3 is 0 Å². The average molecular weight is 289 g/mol. The number of pyridine rings is 1. The third kappa shape index (κ3) is 4.19. The van der Waals surface area contributed by atoms with E-state index in [0.717, 1.165) is 32.1 Å². The van der Waals surface area contributed by atoms with Gasteiger partial charge < -0.3 is 10.2 Å². The quantitative estimate of drug-likeness (QED) is 0.914. The maximum absolute atomic E-state index is 4.73. The Morgan fingerprint density at radius 3 is 2.48 bits per heavy atom. The van der Waals surface area contributed by atoms with Gasteiger partial charge in [-0.25, -0.2) is 4.98 Å². The number of aryl methyl sites for hydroxylation is 1. The van der Waals surface area contributed by atoms with Crippen LogP contribution in [0.5, 0.6) is 0 Å². The van der Waals surface area contributed by atoms with E-state index in [0.29, 0.717) is 5.41 Å². The van der Waals surface area contributed by atoms with Gasteiger partial charge in [0, 0.05) is 25.8 Å². The molecule has 0 aliphatic carbocycles. The molecular weight excluding hydrogens is 258 g/mol. The Kier molecular flexibility index (Phi) is 5.26. The lowest BCUT2D eigenvalue weighted by atomic mass is 9.75. The Bertz CT molecular complexity index is 454. The van der Waals surface area contributed by atoms with Crippen molar-refractivity contribution in [3.05, 3.63) is 23.4 Å². The summed E-state index contributed by atoms with van der Waals surface area (Å²) in [4.78, 5) is 7.19. The van der Waals surface area contributed by atoms with Crippen LogP contribution in [0.3, 0.4) is 0 Å². The van der Waals surface area contributed by atoms with E-state index in [4.69, 9.17) is 4.98 Å². The summed E-state index contributed by atoms with van der Waals surface area (Å²) in [5.41, 5.74) is 3.02. The second-order valence-electron chi connectivity index (χ2n) is 7.39. The SMILES string of the molecule is CCNCc1cnc(N2CCC(C(C)(C)C)CC2)c(C)c1. The van der Waals surface area contributed by atoms with Crippen molar-refractivity contribution >= 4 is 5.82 Å². The number of rotatable bonds is 4. The molecule has 0 aromatic carbocycles. The molecule has 1 aromatic heterocycles. The highest BCUT2D eigenvalue weighted by molar-refractivity contribution is 5.47. The first-order chi connectivity index (χ1) is 9.91. The van der Waals surface area contributed by atoms with E-state index in [1.807, 2.05) is 6.20 Å². The molecule has 1 aliphatic heterocycles. The van der Waals surface area contributed by atoms with Crippen LogP contribution in [0.1, 0.15) is 51.7 Å². The van der Waals surface area contributed by atoms with Crippen molar-refractivity contribution in [3.63, 3.8) is 0 Å². The average Bonchev–Trinajstić information content (AvgIpc) is 2.44. The summed E-state index contributed by atoms with van der Waals surface area (Å²) in [6.07, 6.45) is 4.59. The Morgan fingerprint density at radius 2 is 1.95 bits per heavy atom. The van der Waals surface area contributed by atoms with Gasteiger partial charge in [-0.3, -0.25) is 0 Å². The monoisotopic (exact) mass is 289 g/mol. The smallest absolute Gasteiger partial charge is 0.131 e. The van der Waals surface area contributed by atoms with Crippen molar-refractivity contribution in [1.82, 2.24) is 10.3 Å². The molecular formula is C18H31N3. The second-order valence-corrected chi connectivity index (χ2v) is 7.39. The van der Waals surface area contributed by atoms with Crippen LogP contribution < -0.4 is 10.2 Å². The zero-order valence-electron chi connectivity index (χ0n) is 14.4. The molecule has 3 heteroatoms. The maximum Gasteiger partial charge on any atom is 0.131 e. The summed E-state index contributed by atoms with van der Waals surface area (Å²) in [5, 5.41) is 3.36. The molecule has 0 saturated carbocycles. The number of nitrogens with one attached hydrogen (secondary N) is 1. The van der Waals surface area contributed by atoms with Crippen LogP contribution in [0.4, 0.5) is 5.82 Å². The van der Waals surface area contributed by atoms with E-state index >= 15 is 0 Å². The van der Waals surface area contributed by atoms with E-state index in [-0.39, 0.29) is 0 Å². The third-order valence-corrected chi connectivity index (χ3v) is 4.71. The van der Waals surface area contributed by atoms with Crippen LogP contribution in [-0.2, 0) is 6.54 Å². The summed E-state index contributed by atoms with van der Waals surface area (Å²) < 4.78 is 0. The number of anilines is 1. The zero-order valence-corrected chi connectivity index (χ0v) is 14.4. The van der Waals surface area contributed by atoms with Crippen molar-refractivity contribution in [3.8, 4) is 0 Å². The molecule has 21 heavy (non-hydrogen) atoms. The molecule has 2 heterocycles. The summed E-state index contributed by atoms with van der Waals surface area (Å²) >= 11 is 0. The number of aromatic nitrogens is 1. The van der Waals surface area contributed by atoms with Crippen molar-refractivity contribution in [2.45, 2.75) is 54.0 Å². The highest BCUT2D eigenvalue weighted by Gasteiger charge is 2.29. The first-order valence-electron chi connectivity index (χ1n) is 8.33. The Labute approximate surface area is 130 Å². The van der Waals surface area contributed by atoms with Crippen LogP contribution >= 0.6 is 0 Å². The predicted octanol–water partition coefficient (Wildman–Crippen LogP) is 3.76. The Balaban J connectivity index is 2.00. The molecule has 0 atom stereocenters. The molecule has 2 rings (SSSR count). The lowest BCUT2D eigenvalue weighted by Crippen LogP contribution is -2.38. The molecule has 0 bridgehead atoms. The van der Waals surface area contributed by atoms with E-state index in [2.05, 4.69) is 50.9 Å². The lowest BCUT2D eigenvalue weighted by Gasteiger charge is -2.39. The molecule has 0 spiro atoms. The minimum Gasteiger partial charge on any atom is -0.356 e. The summed E-state index contributed by atoms with van der Waals surface area (Å²) in [6, 6.07) is 2.28. The van der Waals surface area contributed by atoms with Crippen LogP contribution in [0.15, 0.2) is 12.3 Å². The summed E-state index contributed by atoms with van der Waals surface area (Å²) in [7, 11) is 0. The van der Waals surface area contributed by atoms with Crippen LogP contribution in [0.25, 0.3) is 0 Å². The molecule has 1 N–H and O–H groups in total. The van der Waals surface area contributed by atoms with Gasteiger partial charge in [-0.1, -0.05) is 27.7 Å². The molecule has 0 unspecified atom stereocenters. The number of piperidine rings is 1. The van der Waals surface area contributed by atoms with Gasteiger partial charge in [0.2, 0.25) is 0 Å². The van der Waals surface area contributed by atoms with Crippen molar-refractivity contribution < 1.29 is 0 Å². The molecule has 1 aromatic rings. The van der Waals surface area contributed by atoms with Crippen LogP contribution in [-0.4, -0.2) is 24.6 Å². The predicted molar refractivity (Wildman–Crippen MR) is 90.7 cm³/mol. The number of hydrogen-bond donors (Lipinski definition) is 1. The standard InChI is InChI=1S/C18H31N3/c1-6-19-12-15-11-14(2)17(20-13-15)21-9-7-16(8-10-21)18(3,4)5/h11,13,16,19H,6-10,12H2,1-5H3. The topological polar surface area (TPSA) is 28.2 Å². The van der Waals surface area contributed by atoms with Gasteiger partial charge in [0.1, 0.15) is 5.82 Å². The van der Waals surface area contributed by atoms with Gasteiger partial charge in [-0.15, -0.1) is 0 Å².